The Balaban J connectivity index is 1.68. The summed E-state index contributed by atoms with van der Waals surface area (Å²) in [5.74, 6) is 0.689. The van der Waals surface area contributed by atoms with Gasteiger partial charge in [0.1, 0.15) is 0 Å². The molecule has 27 heavy (non-hydrogen) atoms. The van der Waals surface area contributed by atoms with Crippen molar-refractivity contribution in [2.75, 3.05) is 40.5 Å². The zero-order valence-corrected chi connectivity index (χ0v) is 15.9. The van der Waals surface area contributed by atoms with Gasteiger partial charge in [-0.15, -0.1) is 0 Å². The summed E-state index contributed by atoms with van der Waals surface area (Å²) in [6.45, 7) is 3.29. The Labute approximate surface area is 158 Å². The van der Waals surface area contributed by atoms with E-state index in [-0.39, 0.29) is 6.10 Å². The fourth-order valence-electron chi connectivity index (χ4n) is 2.90. The number of ether oxygens (including phenoxy) is 2. The molecule has 152 valence electrons. The second-order valence-corrected chi connectivity index (χ2v) is 6.59. The highest BCUT2D eigenvalue weighted by Gasteiger charge is 2.29. The third kappa shape index (κ3) is 7.38. The van der Waals surface area contributed by atoms with E-state index in [1.165, 1.54) is 12.1 Å². The van der Waals surface area contributed by atoms with E-state index in [0.717, 1.165) is 43.6 Å². The lowest BCUT2D eigenvalue weighted by atomic mass is 10.1. The predicted molar refractivity (Wildman–Crippen MR) is 98.7 cm³/mol. The van der Waals surface area contributed by atoms with Gasteiger partial charge in [0, 0.05) is 40.4 Å². The van der Waals surface area contributed by atoms with Crippen LogP contribution in [0, 0.1) is 0 Å². The molecule has 0 amide bonds. The Hall–Kier alpha value is -1.80. The third-order valence-corrected chi connectivity index (χ3v) is 4.35. The van der Waals surface area contributed by atoms with Crippen molar-refractivity contribution in [3.8, 4) is 0 Å². The Morgan fingerprint density at radius 2 is 2.07 bits per heavy atom. The maximum Gasteiger partial charge on any atom is 0.416 e. The van der Waals surface area contributed by atoms with Gasteiger partial charge in [-0.05, 0) is 37.0 Å². The lowest BCUT2D eigenvalue weighted by Crippen LogP contribution is -2.39. The molecule has 1 N–H and O–H groups in total. The highest BCUT2D eigenvalue weighted by atomic mass is 19.4. The minimum atomic E-state index is -4.31. The van der Waals surface area contributed by atoms with Gasteiger partial charge in [-0.2, -0.15) is 13.2 Å². The van der Waals surface area contributed by atoms with Crippen LogP contribution in [0.2, 0.25) is 0 Å². The molecule has 0 aromatic heterocycles. The Morgan fingerprint density at radius 3 is 2.67 bits per heavy atom. The van der Waals surface area contributed by atoms with Gasteiger partial charge in [0.05, 0.1) is 18.3 Å². The van der Waals surface area contributed by atoms with Crippen molar-refractivity contribution >= 4 is 5.96 Å². The first-order chi connectivity index (χ1) is 12.9. The van der Waals surface area contributed by atoms with Crippen molar-refractivity contribution in [2.45, 2.75) is 38.1 Å². The quantitative estimate of drug-likeness (QED) is 0.422. The molecule has 1 unspecified atom stereocenters. The van der Waals surface area contributed by atoms with Crippen LogP contribution < -0.4 is 5.32 Å². The summed E-state index contributed by atoms with van der Waals surface area (Å²) < 4.78 is 49.0. The van der Waals surface area contributed by atoms with Gasteiger partial charge < -0.3 is 19.7 Å². The number of guanidine groups is 1. The van der Waals surface area contributed by atoms with E-state index in [2.05, 4.69) is 10.3 Å². The molecule has 1 aliphatic heterocycles. The topological polar surface area (TPSA) is 46.1 Å². The van der Waals surface area contributed by atoms with E-state index in [1.54, 1.807) is 7.05 Å². The van der Waals surface area contributed by atoms with Crippen LogP contribution >= 0.6 is 0 Å². The highest BCUT2D eigenvalue weighted by molar-refractivity contribution is 5.79. The number of alkyl halides is 3. The predicted octanol–water partition coefficient (Wildman–Crippen LogP) is 3.30. The van der Waals surface area contributed by atoms with Gasteiger partial charge in [0.25, 0.3) is 0 Å². The second-order valence-electron chi connectivity index (χ2n) is 6.59. The van der Waals surface area contributed by atoms with Crippen molar-refractivity contribution < 1.29 is 22.6 Å². The van der Waals surface area contributed by atoms with Crippen LogP contribution in [0.25, 0.3) is 0 Å². The average molecular weight is 387 g/mol. The average Bonchev–Trinajstić information content (AvgIpc) is 3.14. The molecule has 0 spiro atoms. The molecular weight excluding hydrogens is 359 g/mol. The monoisotopic (exact) mass is 387 g/mol. The second kappa shape index (κ2) is 10.5. The van der Waals surface area contributed by atoms with Crippen LogP contribution in [0.15, 0.2) is 29.3 Å². The summed E-state index contributed by atoms with van der Waals surface area (Å²) in [6, 6.07) is 5.19. The summed E-state index contributed by atoms with van der Waals surface area (Å²) in [5.41, 5.74) is 0.146. The zero-order valence-electron chi connectivity index (χ0n) is 15.9. The first-order valence-corrected chi connectivity index (χ1v) is 9.17. The summed E-state index contributed by atoms with van der Waals surface area (Å²) >= 11 is 0. The van der Waals surface area contributed by atoms with Gasteiger partial charge >= 0.3 is 6.18 Å². The molecule has 1 fully saturated rings. The normalized spacial score (nSPS) is 18.0. The largest absolute Gasteiger partial charge is 0.416 e. The number of hydrogen-bond donors (Lipinski definition) is 1. The summed E-state index contributed by atoms with van der Waals surface area (Å²) in [4.78, 5) is 6.08. The van der Waals surface area contributed by atoms with Crippen LogP contribution in [0.5, 0.6) is 0 Å². The number of nitrogens with zero attached hydrogens (tertiary/aromatic N) is 2. The number of rotatable bonds is 8. The molecule has 0 aliphatic carbocycles. The van der Waals surface area contributed by atoms with Crippen molar-refractivity contribution in [1.29, 1.82) is 0 Å². The summed E-state index contributed by atoms with van der Waals surface area (Å²) in [6.07, 6.45) is -1.06. The molecule has 2 rings (SSSR count). The first kappa shape index (κ1) is 21.5. The maximum atomic E-state index is 12.6. The van der Waals surface area contributed by atoms with Gasteiger partial charge in [-0.25, -0.2) is 0 Å². The van der Waals surface area contributed by atoms with Crippen molar-refractivity contribution in [3.05, 3.63) is 35.4 Å². The number of halogens is 3. The smallest absolute Gasteiger partial charge is 0.379 e. The van der Waals surface area contributed by atoms with Crippen LogP contribution in [0.3, 0.4) is 0 Å². The number of benzene rings is 1. The van der Waals surface area contributed by atoms with E-state index in [4.69, 9.17) is 9.47 Å². The molecule has 1 aromatic carbocycles. The lowest BCUT2D eigenvalue weighted by Gasteiger charge is -2.22. The fourth-order valence-corrected chi connectivity index (χ4v) is 2.90. The lowest BCUT2D eigenvalue weighted by molar-refractivity contribution is -0.137. The number of aliphatic imine (C=N–C) groups is 1. The minimum absolute atomic E-state index is 0.237. The molecule has 1 heterocycles. The van der Waals surface area contributed by atoms with Crippen molar-refractivity contribution in [2.24, 2.45) is 4.99 Å². The van der Waals surface area contributed by atoms with Crippen LogP contribution in [0.1, 0.15) is 30.4 Å². The third-order valence-electron chi connectivity index (χ3n) is 4.35. The summed E-state index contributed by atoms with van der Waals surface area (Å²) in [7, 11) is 3.53. The zero-order chi connectivity index (χ0) is 19.7. The van der Waals surface area contributed by atoms with Crippen LogP contribution in [-0.2, 0) is 22.2 Å². The van der Waals surface area contributed by atoms with E-state index in [0.29, 0.717) is 32.3 Å². The molecule has 8 heteroatoms. The summed E-state index contributed by atoms with van der Waals surface area (Å²) in [5, 5.41) is 3.24. The molecular formula is C19H28F3N3O2. The Morgan fingerprint density at radius 1 is 1.33 bits per heavy atom. The molecule has 1 aliphatic rings. The number of hydrogen-bond acceptors (Lipinski definition) is 3. The molecule has 5 nitrogen and oxygen atoms in total. The van der Waals surface area contributed by atoms with Gasteiger partial charge in [0.15, 0.2) is 5.96 Å². The molecule has 0 saturated carbocycles. The Bertz CT molecular complexity index is 585. The van der Waals surface area contributed by atoms with E-state index >= 15 is 0 Å². The van der Waals surface area contributed by atoms with Gasteiger partial charge in [-0.1, -0.05) is 12.1 Å². The minimum Gasteiger partial charge on any atom is -0.379 e. The van der Waals surface area contributed by atoms with E-state index in [9.17, 15) is 13.2 Å². The molecule has 0 radical (unpaired) electrons. The highest BCUT2D eigenvalue weighted by Crippen LogP contribution is 2.29. The standard InChI is InChI=1S/C19H28F3N3O2/c1-23-18(24-10-4-11-26-14-17-5-3-12-27-17)25(2)13-15-6-8-16(9-7-15)19(20,21)22/h6-9,17H,3-5,10-14H2,1-2H3,(H,23,24). The molecule has 0 bridgehead atoms. The molecule has 1 atom stereocenters. The molecule has 1 saturated heterocycles. The number of nitrogens with one attached hydrogen (secondary N) is 1. The van der Waals surface area contributed by atoms with Crippen LogP contribution in [-0.4, -0.2) is 57.4 Å². The van der Waals surface area contributed by atoms with Gasteiger partial charge in [-0.3, -0.25) is 4.99 Å². The van der Waals surface area contributed by atoms with Gasteiger partial charge in [0.2, 0.25) is 0 Å². The first-order valence-electron chi connectivity index (χ1n) is 9.17. The van der Waals surface area contributed by atoms with E-state index < -0.39 is 11.7 Å². The molecule has 1 aromatic rings. The fraction of sp³-hybridized carbons (Fsp3) is 0.632. The van der Waals surface area contributed by atoms with E-state index in [1.807, 2.05) is 11.9 Å². The maximum absolute atomic E-state index is 12.6. The Kier molecular flexibility index (Phi) is 8.37. The SMILES string of the molecule is CN=C(NCCCOCC1CCCO1)N(C)Cc1ccc(C(F)(F)F)cc1. The van der Waals surface area contributed by atoms with Crippen molar-refractivity contribution in [3.63, 3.8) is 0 Å². The van der Waals surface area contributed by atoms with Crippen LogP contribution in [0.4, 0.5) is 13.2 Å². The van der Waals surface area contributed by atoms with Crippen molar-refractivity contribution in [1.82, 2.24) is 10.2 Å².